The summed E-state index contributed by atoms with van der Waals surface area (Å²) in [6.07, 6.45) is 1.38. The normalized spacial score (nSPS) is 15.1. The summed E-state index contributed by atoms with van der Waals surface area (Å²) in [4.78, 5) is 35.9. The second kappa shape index (κ2) is 8.28. The fourth-order valence-corrected chi connectivity index (χ4v) is 2.90. The van der Waals surface area contributed by atoms with Gasteiger partial charge in [-0.2, -0.15) is 0 Å². The quantitative estimate of drug-likeness (QED) is 0.441. The van der Waals surface area contributed by atoms with E-state index < -0.39 is 23.6 Å². The van der Waals surface area contributed by atoms with Crippen molar-refractivity contribution in [3.8, 4) is 11.5 Å². The fraction of sp³-hybridized carbons (Fsp3) is 0.227. The third kappa shape index (κ3) is 4.60. The molecule has 2 aromatic rings. The molecule has 0 aliphatic carbocycles. The van der Waals surface area contributed by atoms with Gasteiger partial charge in [-0.3, -0.25) is 4.79 Å². The molecule has 1 heterocycles. The van der Waals surface area contributed by atoms with E-state index in [2.05, 4.69) is 0 Å². The molecule has 0 spiro atoms. The molecule has 1 aliphatic heterocycles. The van der Waals surface area contributed by atoms with Gasteiger partial charge in [0.25, 0.3) is 11.7 Å². The highest BCUT2D eigenvalue weighted by Crippen LogP contribution is 2.27. The standard InChI is InChI=1S/C22H21NO7/c1-22(2)29-20(25)16(21(26)30-22)11-13-8-9-17(27-3)14(10-13)12-28-18-7-5-4-6-15(18)19(23)24/h4-11H,12H2,1-3H3,(H2,23,24). The predicted molar refractivity (Wildman–Crippen MR) is 107 cm³/mol. The van der Waals surface area contributed by atoms with Crippen molar-refractivity contribution in [1.29, 1.82) is 0 Å². The first-order valence-electron chi connectivity index (χ1n) is 9.07. The zero-order valence-electron chi connectivity index (χ0n) is 16.8. The van der Waals surface area contributed by atoms with Crippen LogP contribution < -0.4 is 15.2 Å². The largest absolute Gasteiger partial charge is 0.496 e. The van der Waals surface area contributed by atoms with E-state index >= 15 is 0 Å². The second-order valence-corrected chi connectivity index (χ2v) is 6.96. The molecule has 1 aliphatic rings. The maximum atomic E-state index is 12.2. The number of carbonyl (C=O) groups is 3. The number of esters is 2. The van der Waals surface area contributed by atoms with E-state index in [9.17, 15) is 14.4 Å². The summed E-state index contributed by atoms with van der Waals surface area (Å²) in [6.45, 7) is 3.02. The number of methoxy groups -OCH3 is 1. The lowest BCUT2D eigenvalue weighted by atomic mass is 10.1. The molecule has 8 nitrogen and oxygen atoms in total. The Morgan fingerprint density at radius 1 is 1.07 bits per heavy atom. The van der Waals surface area contributed by atoms with Gasteiger partial charge in [0, 0.05) is 19.4 Å². The van der Waals surface area contributed by atoms with E-state index in [0.29, 0.717) is 22.6 Å². The predicted octanol–water partition coefficient (Wildman–Crippen LogP) is 2.59. The second-order valence-electron chi connectivity index (χ2n) is 6.96. The highest BCUT2D eigenvalue weighted by Gasteiger charge is 2.38. The number of ether oxygens (including phenoxy) is 4. The average Bonchev–Trinajstić information content (AvgIpc) is 2.68. The summed E-state index contributed by atoms with van der Waals surface area (Å²) in [5.41, 5.74) is 6.58. The Morgan fingerprint density at radius 2 is 1.73 bits per heavy atom. The SMILES string of the molecule is COc1ccc(C=C2C(=O)OC(C)(C)OC2=O)cc1COc1ccccc1C(N)=O. The van der Waals surface area contributed by atoms with Crippen molar-refractivity contribution in [2.24, 2.45) is 5.73 Å². The summed E-state index contributed by atoms with van der Waals surface area (Å²) >= 11 is 0. The van der Waals surface area contributed by atoms with Gasteiger partial charge in [0.1, 0.15) is 23.7 Å². The highest BCUT2D eigenvalue weighted by molar-refractivity contribution is 6.18. The van der Waals surface area contributed by atoms with Gasteiger partial charge in [0.2, 0.25) is 0 Å². The number of nitrogens with two attached hydrogens (primary N) is 1. The molecular weight excluding hydrogens is 390 g/mol. The monoisotopic (exact) mass is 411 g/mol. The number of amides is 1. The smallest absolute Gasteiger partial charge is 0.348 e. The number of benzene rings is 2. The number of hydrogen-bond acceptors (Lipinski definition) is 7. The topological polar surface area (TPSA) is 114 Å². The number of hydrogen-bond donors (Lipinski definition) is 1. The van der Waals surface area contributed by atoms with Crippen LogP contribution in [-0.4, -0.2) is 30.7 Å². The molecule has 30 heavy (non-hydrogen) atoms. The molecule has 156 valence electrons. The zero-order chi connectivity index (χ0) is 21.9. The van der Waals surface area contributed by atoms with Crippen LogP contribution in [-0.2, 0) is 25.7 Å². The van der Waals surface area contributed by atoms with Crippen molar-refractivity contribution in [1.82, 2.24) is 0 Å². The van der Waals surface area contributed by atoms with Crippen molar-refractivity contribution in [2.45, 2.75) is 26.2 Å². The third-order valence-corrected chi connectivity index (χ3v) is 4.27. The van der Waals surface area contributed by atoms with Crippen LogP contribution >= 0.6 is 0 Å². The molecular formula is C22H21NO7. The molecule has 2 aromatic carbocycles. The molecule has 0 aromatic heterocycles. The van der Waals surface area contributed by atoms with Crippen LogP contribution in [0.2, 0.25) is 0 Å². The van der Waals surface area contributed by atoms with Crippen LogP contribution in [0, 0.1) is 0 Å². The lowest BCUT2D eigenvalue weighted by Crippen LogP contribution is -2.41. The average molecular weight is 411 g/mol. The Labute approximate surface area is 173 Å². The Balaban J connectivity index is 1.87. The zero-order valence-corrected chi connectivity index (χ0v) is 16.8. The Kier molecular flexibility index (Phi) is 5.77. The lowest BCUT2D eigenvalue weighted by Gasteiger charge is -2.29. The third-order valence-electron chi connectivity index (χ3n) is 4.27. The van der Waals surface area contributed by atoms with E-state index in [0.717, 1.165) is 0 Å². The summed E-state index contributed by atoms with van der Waals surface area (Å²) in [5, 5.41) is 0. The Hall–Kier alpha value is -3.81. The van der Waals surface area contributed by atoms with Gasteiger partial charge >= 0.3 is 11.9 Å². The van der Waals surface area contributed by atoms with Crippen LogP contribution in [0.25, 0.3) is 6.08 Å². The molecule has 0 unspecified atom stereocenters. The van der Waals surface area contributed by atoms with Gasteiger partial charge in [-0.1, -0.05) is 18.2 Å². The molecule has 1 fully saturated rings. The first-order valence-corrected chi connectivity index (χ1v) is 9.07. The summed E-state index contributed by atoms with van der Waals surface area (Å²) in [7, 11) is 1.51. The lowest BCUT2D eigenvalue weighted by molar-refractivity contribution is -0.222. The van der Waals surface area contributed by atoms with Crippen LogP contribution in [0.15, 0.2) is 48.0 Å². The van der Waals surface area contributed by atoms with Crippen LogP contribution in [0.4, 0.5) is 0 Å². The maximum absolute atomic E-state index is 12.2. The molecule has 0 bridgehead atoms. The van der Waals surface area contributed by atoms with E-state index in [1.165, 1.54) is 27.0 Å². The molecule has 1 amide bonds. The van der Waals surface area contributed by atoms with Crippen molar-refractivity contribution in [3.05, 3.63) is 64.7 Å². The van der Waals surface area contributed by atoms with Gasteiger partial charge in [0.05, 0.1) is 12.7 Å². The van der Waals surface area contributed by atoms with Crippen molar-refractivity contribution in [3.63, 3.8) is 0 Å². The van der Waals surface area contributed by atoms with Crippen molar-refractivity contribution in [2.75, 3.05) is 7.11 Å². The molecule has 8 heteroatoms. The number of rotatable bonds is 6. The van der Waals surface area contributed by atoms with Gasteiger partial charge < -0.3 is 24.7 Å². The van der Waals surface area contributed by atoms with Gasteiger partial charge in [-0.05, 0) is 35.9 Å². The highest BCUT2D eigenvalue weighted by atomic mass is 16.7. The Bertz CT molecular complexity index is 1020. The van der Waals surface area contributed by atoms with Gasteiger partial charge in [-0.25, -0.2) is 9.59 Å². The minimum Gasteiger partial charge on any atom is -0.496 e. The summed E-state index contributed by atoms with van der Waals surface area (Å²) in [6, 6.07) is 11.7. The molecule has 3 rings (SSSR count). The molecule has 0 saturated carbocycles. The molecule has 2 N–H and O–H groups in total. The van der Waals surface area contributed by atoms with Crippen LogP contribution in [0.3, 0.4) is 0 Å². The first-order chi connectivity index (χ1) is 14.2. The first kappa shape index (κ1) is 20.9. The van der Waals surface area contributed by atoms with Gasteiger partial charge in [0.15, 0.2) is 0 Å². The maximum Gasteiger partial charge on any atom is 0.348 e. The summed E-state index contributed by atoms with van der Waals surface area (Å²) in [5.74, 6) is -2.58. The van der Waals surface area contributed by atoms with Gasteiger partial charge in [-0.15, -0.1) is 0 Å². The molecule has 0 radical (unpaired) electrons. The van der Waals surface area contributed by atoms with Crippen molar-refractivity contribution < 1.29 is 33.3 Å². The van der Waals surface area contributed by atoms with Crippen molar-refractivity contribution >= 4 is 23.9 Å². The van der Waals surface area contributed by atoms with E-state index in [4.69, 9.17) is 24.7 Å². The van der Waals surface area contributed by atoms with E-state index in [1.54, 1.807) is 42.5 Å². The number of carbonyl (C=O) groups excluding carboxylic acids is 3. The van der Waals surface area contributed by atoms with Crippen LogP contribution in [0.5, 0.6) is 11.5 Å². The number of primary amides is 1. The van der Waals surface area contributed by atoms with E-state index in [1.807, 2.05) is 0 Å². The minimum absolute atomic E-state index is 0.0619. The molecule has 0 atom stereocenters. The summed E-state index contributed by atoms with van der Waals surface area (Å²) < 4.78 is 21.3. The number of cyclic esters (lactones) is 2. The van der Waals surface area contributed by atoms with Crippen LogP contribution in [0.1, 0.15) is 35.3 Å². The fourth-order valence-electron chi connectivity index (χ4n) is 2.90. The Morgan fingerprint density at radius 3 is 2.37 bits per heavy atom. The molecule has 1 saturated heterocycles. The van der Waals surface area contributed by atoms with E-state index in [-0.39, 0.29) is 17.7 Å². The number of para-hydroxylation sites is 1. The minimum atomic E-state index is -1.31.